The first-order valence-corrected chi connectivity index (χ1v) is 9.50. The lowest BCUT2D eigenvalue weighted by atomic mass is 9.92. The van der Waals surface area contributed by atoms with Crippen molar-refractivity contribution in [2.45, 2.75) is 25.6 Å². The number of nitrogens with zero attached hydrogens (tertiary/aromatic N) is 1. The first-order chi connectivity index (χ1) is 13.7. The second kappa shape index (κ2) is 6.93. The summed E-state index contributed by atoms with van der Waals surface area (Å²) in [5.74, 6) is 1.15. The molecule has 3 heterocycles. The SMILES string of the molecule is OCc1ccc(CN2CCc3c([nH]c4ccccc34)[C@H]2c2ccc(F)cc2)o1. The number of aromatic nitrogens is 1. The van der Waals surface area contributed by atoms with Crippen LogP contribution >= 0.6 is 0 Å². The molecule has 0 bridgehead atoms. The molecule has 28 heavy (non-hydrogen) atoms. The van der Waals surface area contributed by atoms with E-state index in [1.54, 1.807) is 6.07 Å². The third kappa shape index (κ3) is 2.93. The van der Waals surface area contributed by atoms with Crippen molar-refractivity contribution in [2.24, 2.45) is 0 Å². The van der Waals surface area contributed by atoms with Crippen molar-refractivity contribution in [3.63, 3.8) is 0 Å². The molecule has 4 nitrogen and oxygen atoms in total. The zero-order valence-corrected chi connectivity index (χ0v) is 15.4. The van der Waals surface area contributed by atoms with Gasteiger partial charge in [0.05, 0.1) is 12.6 Å². The Morgan fingerprint density at radius 3 is 2.61 bits per heavy atom. The van der Waals surface area contributed by atoms with Crippen molar-refractivity contribution in [1.29, 1.82) is 0 Å². The molecule has 0 amide bonds. The van der Waals surface area contributed by atoms with Crippen molar-refractivity contribution < 1.29 is 13.9 Å². The smallest absolute Gasteiger partial charge is 0.129 e. The van der Waals surface area contributed by atoms with Gasteiger partial charge in [-0.05, 0) is 47.9 Å². The summed E-state index contributed by atoms with van der Waals surface area (Å²) in [7, 11) is 0. The van der Waals surface area contributed by atoms with Crippen LogP contribution in [0.5, 0.6) is 0 Å². The molecule has 0 aliphatic carbocycles. The molecule has 4 aromatic rings. The van der Waals surface area contributed by atoms with Crippen molar-refractivity contribution in [3.8, 4) is 0 Å². The van der Waals surface area contributed by atoms with Crippen LogP contribution in [0.25, 0.3) is 10.9 Å². The van der Waals surface area contributed by atoms with E-state index >= 15 is 0 Å². The molecule has 0 saturated carbocycles. The molecular weight excluding hydrogens is 355 g/mol. The number of hydrogen-bond acceptors (Lipinski definition) is 3. The molecule has 1 aliphatic heterocycles. The van der Waals surface area contributed by atoms with E-state index in [0.717, 1.165) is 35.5 Å². The van der Waals surface area contributed by atoms with Gasteiger partial charge in [-0.25, -0.2) is 4.39 Å². The minimum absolute atomic E-state index is 0.0144. The Bertz CT molecular complexity index is 1110. The molecule has 0 unspecified atom stereocenters. The summed E-state index contributed by atoms with van der Waals surface area (Å²) in [6, 6.07) is 18.8. The number of halogens is 1. The van der Waals surface area contributed by atoms with Crippen molar-refractivity contribution in [2.75, 3.05) is 6.54 Å². The van der Waals surface area contributed by atoms with Crippen LogP contribution in [0, 0.1) is 5.82 Å². The summed E-state index contributed by atoms with van der Waals surface area (Å²) < 4.78 is 19.3. The minimum atomic E-state index is -0.235. The fourth-order valence-electron chi connectivity index (χ4n) is 4.28. The van der Waals surface area contributed by atoms with E-state index in [9.17, 15) is 9.50 Å². The van der Waals surface area contributed by atoms with Crippen LogP contribution in [0.4, 0.5) is 4.39 Å². The number of aromatic amines is 1. The maximum Gasteiger partial charge on any atom is 0.129 e. The predicted molar refractivity (Wildman–Crippen MR) is 105 cm³/mol. The first-order valence-electron chi connectivity index (χ1n) is 9.50. The molecule has 0 saturated heterocycles. The zero-order valence-electron chi connectivity index (χ0n) is 15.4. The Morgan fingerprint density at radius 1 is 1.04 bits per heavy atom. The Kier molecular flexibility index (Phi) is 4.26. The number of furan rings is 1. The van der Waals surface area contributed by atoms with Crippen molar-refractivity contribution in [1.82, 2.24) is 9.88 Å². The summed E-state index contributed by atoms with van der Waals surface area (Å²) in [5, 5.41) is 10.5. The molecule has 0 fully saturated rings. The Labute approximate surface area is 162 Å². The highest BCUT2D eigenvalue weighted by Crippen LogP contribution is 2.39. The van der Waals surface area contributed by atoms with Crippen LogP contribution in [-0.4, -0.2) is 21.5 Å². The van der Waals surface area contributed by atoms with Gasteiger partial charge in [-0.1, -0.05) is 30.3 Å². The molecule has 2 aromatic carbocycles. The molecule has 1 atom stereocenters. The molecule has 5 heteroatoms. The Hall–Kier alpha value is -2.89. The summed E-state index contributed by atoms with van der Waals surface area (Å²) in [6.07, 6.45) is 0.935. The minimum Gasteiger partial charge on any atom is -0.462 e. The van der Waals surface area contributed by atoms with E-state index in [2.05, 4.69) is 28.1 Å². The van der Waals surface area contributed by atoms with E-state index < -0.39 is 0 Å². The number of aliphatic hydroxyl groups excluding tert-OH is 1. The molecule has 0 spiro atoms. The van der Waals surface area contributed by atoms with E-state index in [0.29, 0.717) is 12.3 Å². The highest BCUT2D eigenvalue weighted by atomic mass is 19.1. The van der Waals surface area contributed by atoms with Gasteiger partial charge in [0.1, 0.15) is 23.9 Å². The van der Waals surface area contributed by atoms with Gasteiger partial charge in [0.2, 0.25) is 0 Å². The molecule has 142 valence electrons. The fourth-order valence-corrected chi connectivity index (χ4v) is 4.28. The summed E-state index contributed by atoms with van der Waals surface area (Å²) >= 11 is 0. The Balaban J connectivity index is 1.59. The molecule has 2 N–H and O–H groups in total. The number of fused-ring (bicyclic) bond motifs is 3. The standard InChI is InChI=1S/C23H21FN2O2/c24-16-7-5-15(6-8-16)23-22-20(19-3-1-2-4-21(19)25-22)11-12-26(23)13-17-9-10-18(14-27)28-17/h1-10,23,25,27H,11-14H2/t23-/m1/s1. The van der Waals surface area contributed by atoms with Gasteiger partial charge in [-0.2, -0.15) is 0 Å². The highest BCUT2D eigenvalue weighted by molar-refractivity contribution is 5.85. The number of rotatable bonds is 4. The van der Waals surface area contributed by atoms with Gasteiger partial charge in [-0.3, -0.25) is 4.90 Å². The summed E-state index contributed by atoms with van der Waals surface area (Å²) in [4.78, 5) is 5.94. The van der Waals surface area contributed by atoms with Crippen LogP contribution in [0.15, 0.2) is 65.1 Å². The number of nitrogens with one attached hydrogen (secondary N) is 1. The lowest BCUT2D eigenvalue weighted by Gasteiger charge is -2.35. The van der Waals surface area contributed by atoms with E-state index in [-0.39, 0.29) is 18.5 Å². The van der Waals surface area contributed by atoms with Gasteiger partial charge in [-0.15, -0.1) is 0 Å². The maximum absolute atomic E-state index is 13.5. The lowest BCUT2D eigenvalue weighted by molar-refractivity contribution is 0.179. The van der Waals surface area contributed by atoms with Crippen molar-refractivity contribution >= 4 is 10.9 Å². The third-order valence-corrected chi connectivity index (χ3v) is 5.55. The number of H-pyrrole nitrogens is 1. The largest absolute Gasteiger partial charge is 0.462 e. The Morgan fingerprint density at radius 2 is 1.82 bits per heavy atom. The quantitative estimate of drug-likeness (QED) is 0.550. The number of benzene rings is 2. The van der Waals surface area contributed by atoms with E-state index in [4.69, 9.17) is 4.42 Å². The third-order valence-electron chi connectivity index (χ3n) is 5.55. The monoisotopic (exact) mass is 376 g/mol. The number of para-hydroxylation sites is 1. The second-order valence-corrected chi connectivity index (χ2v) is 7.26. The lowest BCUT2D eigenvalue weighted by Crippen LogP contribution is -2.35. The normalized spacial score (nSPS) is 17.1. The second-order valence-electron chi connectivity index (χ2n) is 7.26. The van der Waals surface area contributed by atoms with E-state index in [1.165, 1.54) is 23.1 Å². The average Bonchev–Trinajstić information content (AvgIpc) is 3.33. The van der Waals surface area contributed by atoms with Crippen LogP contribution in [0.1, 0.15) is 34.4 Å². The summed E-state index contributed by atoms with van der Waals surface area (Å²) in [5.41, 5.74) is 4.66. The fraction of sp³-hybridized carbons (Fsp3) is 0.217. The van der Waals surface area contributed by atoms with Gasteiger partial charge in [0.15, 0.2) is 0 Å². The maximum atomic E-state index is 13.5. The number of hydrogen-bond donors (Lipinski definition) is 2. The topological polar surface area (TPSA) is 52.4 Å². The van der Waals surface area contributed by atoms with Gasteiger partial charge in [0.25, 0.3) is 0 Å². The van der Waals surface area contributed by atoms with E-state index in [1.807, 2.05) is 24.3 Å². The number of aliphatic hydroxyl groups is 1. The van der Waals surface area contributed by atoms with Gasteiger partial charge in [0, 0.05) is 23.1 Å². The van der Waals surface area contributed by atoms with Crippen LogP contribution < -0.4 is 0 Å². The van der Waals surface area contributed by atoms with Crippen molar-refractivity contribution in [3.05, 3.63) is 94.8 Å². The van der Waals surface area contributed by atoms with Crippen LogP contribution in [0.2, 0.25) is 0 Å². The molecule has 5 rings (SSSR count). The predicted octanol–water partition coefficient (Wildman–Crippen LogP) is 4.54. The van der Waals surface area contributed by atoms with Gasteiger partial charge < -0.3 is 14.5 Å². The molecule has 2 aromatic heterocycles. The average molecular weight is 376 g/mol. The molecular formula is C23H21FN2O2. The van der Waals surface area contributed by atoms with Crippen LogP contribution in [-0.2, 0) is 19.6 Å². The van der Waals surface area contributed by atoms with Crippen LogP contribution in [0.3, 0.4) is 0 Å². The summed E-state index contributed by atoms with van der Waals surface area (Å²) in [6.45, 7) is 1.39. The molecule has 1 aliphatic rings. The first kappa shape index (κ1) is 17.2. The van der Waals surface area contributed by atoms with Gasteiger partial charge >= 0.3 is 0 Å². The highest BCUT2D eigenvalue weighted by Gasteiger charge is 2.32. The molecule has 0 radical (unpaired) electrons. The zero-order chi connectivity index (χ0) is 19.1.